The van der Waals surface area contributed by atoms with Crippen LogP contribution in [0.4, 0.5) is 0 Å². The summed E-state index contributed by atoms with van der Waals surface area (Å²) < 4.78 is 0. The molecule has 0 aromatic carbocycles. The molecule has 0 bridgehead atoms. The van der Waals surface area contributed by atoms with Gasteiger partial charge in [0.1, 0.15) is 0 Å². The summed E-state index contributed by atoms with van der Waals surface area (Å²) in [6.07, 6.45) is 4.82. The van der Waals surface area contributed by atoms with E-state index in [9.17, 15) is 9.90 Å². The third kappa shape index (κ3) is 3.21. The highest BCUT2D eigenvalue weighted by Crippen LogP contribution is 2.41. The molecule has 1 aliphatic carbocycles. The van der Waals surface area contributed by atoms with Crippen molar-refractivity contribution in [3.63, 3.8) is 0 Å². The highest BCUT2D eigenvalue weighted by atomic mass is 16.4. The lowest BCUT2D eigenvalue weighted by Gasteiger charge is -2.35. The number of rotatable bonds is 1. The van der Waals surface area contributed by atoms with Crippen molar-refractivity contribution in [3.05, 3.63) is 23.3 Å². The van der Waals surface area contributed by atoms with Gasteiger partial charge in [0.15, 0.2) is 0 Å². The summed E-state index contributed by atoms with van der Waals surface area (Å²) in [6.45, 7) is 12.8. The van der Waals surface area contributed by atoms with Crippen LogP contribution in [0.1, 0.15) is 48.0 Å². The first-order chi connectivity index (χ1) is 7.53. The number of hydrogen-bond acceptors (Lipinski definition) is 1. The zero-order valence-corrected chi connectivity index (χ0v) is 11.8. The second-order valence-corrected chi connectivity index (χ2v) is 6.95. The fourth-order valence-corrected chi connectivity index (χ4v) is 2.20. The summed E-state index contributed by atoms with van der Waals surface area (Å²) in [5.41, 5.74) is 1.94. The van der Waals surface area contributed by atoms with Gasteiger partial charge < -0.3 is 5.11 Å². The first kappa shape index (κ1) is 14.0. The Morgan fingerprint density at radius 3 is 2.12 bits per heavy atom. The van der Waals surface area contributed by atoms with Gasteiger partial charge in [0.05, 0.1) is 0 Å². The molecule has 0 fully saturated rings. The van der Waals surface area contributed by atoms with Gasteiger partial charge in [-0.15, -0.1) is 0 Å². The standard InChI is InChI=1S/C15H24O2/c1-14(2,3)10-7-8-11(13(16)17)12(9-10)15(4,5)6/h8-9,12H,7H2,1-6H3,(H,16,17). The Morgan fingerprint density at radius 1 is 1.24 bits per heavy atom. The van der Waals surface area contributed by atoms with E-state index in [-0.39, 0.29) is 16.7 Å². The Bertz CT molecular complexity index is 373. The average molecular weight is 236 g/mol. The molecule has 0 heterocycles. The Labute approximate surface area is 104 Å². The van der Waals surface area contributed by atoms with Crippen LogP contribution in [0.15, 0.2) is 23.3 Å². The van der Waals surface area contributed by atoms with Gasteiger partial charge in [-0.05, 0) is 17.3 Å². The average Bonchev–Trinajstić information content (AvgIpc) is 2.14. The SMILES string of the molecule is CC(C)(C)C1=CC(C(C)(C)C)C(C(=O)O)=CC1. The summed E-state index contributed by atoms with van der Waals surface area (Å²) in [6, 6.07) is 0. The molecule has 0 amide bonds. The summed E-state index contributed by atoms with van der Waals surface area (Å²) in [5, 5.41) is 9.26. The molecule has 1 atom stereocenters. The summed E-state index contributed by atoms with van der Waals surface area (Å²) in [7, 11) is 0. The Balaban J connectivity index is 3.15. The summed E-state index contributed by atoms with van der Waals surface area (Å²) >= 11 is 0. The van der Waals surface area contributed by atoms with Crippen LogP contribution in [0.3, 0.4) is 0 Å². The predicted octanol–water partition coefficient (Wildman–Crippen LogP) is 4.04. The van der Waals surface area contributed by atoms with Crippen LogP contribution < -0.4 is 0 Å². The Hall–Kier alpha value is -1.05. The smallest absolute Gasteiger partial charge is 0.331 e. The van der Waals surface area contributed by atoms with Gasteiger partial charge in [-0.3, -0.25) is 0 Å². The van der Waals surface area contributed by atoms with Gasteiger partial charge >= 0.3 is 5.97 Å². The molecule has 96 valence electrons. The van der Waals surface area contributed by atoms with E-state index in [4.69, 9.17) is 0 Å². The molecule has 1 unspecified atom stereocenters. The quantitative estimate of drug-likeness (QED) is 0.698. The van der Waals surface area contributed by atoms with E-state index in [1.807, 2.05) is 6.08 Å². The van der Waals surface area contributed by atoms with Gasteiger partial charge in [-0.1, -0.05) is 59.3 Å². The van der Waals surface area contributed by atoms with Crippen molar-refractivity contribution < 1.29 is 9.90 Å². The largest absolute Gasteiger partial charge is 0.478 e. The molecule has 0 radical (unpaired) electrons. The number of carbonyl (C=O) groups is 1. The maximum atomic E-state index is 11.3. The van der Waals surface area contributed by atoms with Crippen LogP contribution >= 0.6 is 0 Å². The maximum absolute atomic E-state index is 11.3. The minimum atomic E-state index is -0.783. The van der Waals surface area contributed by atoms with E-state index in [1.165, 1.54) is 5.57 Å². The van der Waals surface area contributed by atoms with Crippen LogP contribution in [-0.2, 0) is 4.79 Å². The molecule has 0 aromatic rings. The molecule has 2 heteroatoms. The second-order valence-electron chi connectivity index (χ2n) is 6.95. The molecule has 0 aliphatic heterocycles. The lowest BCUT2D eigenvalue weighted by atomic mass is 9.69. The lowest BCUT2D eigenvalue weighted by molar-refractivity contribution is -0.133. The lowest BCUT2D eigenvalue weighted by Crippen LogP contribution is -2.28. The molecule has 0 saturated carbocycles. The molecule has 0 spiro atoms. The minimum Gasteiger partial charge on any atom is -0.478 e. The van der Waals surface area contributed by atoms with Crippen LogP contribution in [0, 0.1) is 16.7 Å². The zero-order valence-electron chi connectivity index (χ0n) is 11.8. The molecule has 1 aliphatic rings. The van der Waals surface area contributed by atoms with Crippen molar-refractivity contribution in [2.75, 3.05) is 0 Å². The van der Waals surface area contributed by atoms with Crippen LogP contribution in [0.5, 0.6) is 0 Å². The Kier molecular flexibility index (Phi) is 3.56. The molecule has 1 rings (SSSR count). The van der Waals surface area contributed by atoms with Gasteiger partial charge in [0.25, 0.3) is 0 Å². The zero-order chi connectivity index (χ0) is 13.4. The normalized spacial score (nSPS) is 21.9. The second kappa shape index (κ2) is 4.32. The molecular formula is C15H24O2. The van der Waals surface area contributed by atoms with Crippen LogP contribution in [0.25, 0.3) is 0 Å². The van der Waals surface area contributed by atoms with Crippen molar-refractivity contribution >= 4 is 5.97 Å². The van der Waals surface area contributed by atoms with E-state index in [2.05, 4.69) is 47.6 Å². The highest BCUT2D eigenvalue weighted by molar-refractivity contribution is 5.88. The fourth-order valence-electron chi connectivity index (χ4n) is 2.20. The highest BCUT2D eigenvalue weighted by Gasteiger charge is 2.34. The van der Waals surface area contributed by atoms with E-state index in [0.29, 0.717) is 5.57 Å². The molecule has 17 heavy (non-hydrogen) atoms. The van der Waals surface area contributed by atoms with Crippen LogP contribution in [0.2, 0.25) is 0 Å². The molecule has 0 aromatic heterocycles. The third-order valence-electron chi connectivity index (χ3n) is 3.39. The number of carboxylic acid groups (broad SMARTS) is 1. The third-order valence-corrected chi connectivity index (χ3v) is 3.39. The van der Waals surface area contributed by atoms with Crippen LogP contribution in [-0.4, -0.2) is 11.1 Å². The molecule has 0 saturated heterocycles. The topological polar surface area (TPSA) is 37.3 Å². The van der Waals surface area contributed by atoms with Gasteiger partial charge in [-0.2, -0.15) is 0 Å². The minimum absolute atomic E-state index is 0.00275. The first-order valence-corrected chi connectivity index (χ1v) is 6.18. The summed E-state index contributed by atoms with van der Waals surface area (Å²) in [5.74, 6) is -0.780. The predicted molar refractivity (Wildman–Crippen MR) is 70.8 cm³/mol. The summed E-state index contributed by atoms with van der Waals surface area (Å²) in [4.78, 5) is 11.3. The fraction of sp³-hybridized carbons (Fsp3) is 0.667. The number of aliphatic carboxylic acids is 1. The molecule has 1 N–H and O–H groups in total. The van der Waals surface area contributed by atoms with E-state index >= 15 is 0 Å². The number of hydrogen-bond donors (Lipinski definition) is 1. The van der Waals surface area contributed by atoms with Crippen molar-refractivity contribution in [1.82, 2.24) is 0 Å². The van der Waals surface area contributed by atoms with Gasteiger partial charge in [-0.25, -0.2) is 4.79 Å². The van der Waals surface area contributed by atoms with Crippen molar-refractivity contribution in [3.8, 4) is 0 Å². The Morgan fingerprint density at radius 2 is 1.76 bits per heavy atom. The molecule has 2 nitrogen and oxygen atoms in total. The van der Waals surface area contributed by atoms with Crippen molar-refractivity contribution in [2.24, 2.45) is 16.7 Å². The molecular weight excluding hydrogens is 212 g/mol. The van der Waals surface area contributed by atoms with Crippen molar-refractivity contribution in [2.45, 2.75) is 48.0 Å². The monoisotopic (exact) mass is 236 g/mol. The number of allylic oxidation sites excluding steroid dienone is 3. The maximum Gasteiger partial charge on any atom is 0.331 e. The van der Waals surface area contributed by atoms with Gasteiger partial charge in [0, 0.05) is 11.5 Å². The van der Waals surface area contributed by atoms with Gasteiger partial charge in [0.2, 0.25) is 0 Å². The van der Waals surface area contributed by atoms with E-state index in [0.717, 1.165) is 6.42 Å². The van der Waals surface area contributed by atoms with E-state index < -0.39 is 5.97 Å². The van der Waals surface area contributed by atoms with E-state index in [1.54, 1.807) is 0 Å². The van der Waals surface area contributed by atoms with Crippen molar-refractivity contribution in [1.29, 1.82) is 0 Å². The number of carboxylic acids is 1. The first-order valence-electron chi connectivity index (χ1n) is 6.18.